The van der Waals surface area contributed by atoms with E-state index in [4.69, 9.17) is 27.9 Å². The largest absolute Gasteiger partial charge is 0.461 e. The highest BCUT2D eigenvalue weighted by atomic mass is 35.5. The summed E-state index contributed by atoms with van der Waals surface area (Å²) in [6, 6.07) is 10.8. The number of hydrogen-bond acceptors (Lipinski definition) is 6. The highest BCUT2D eigenvalue weighted by Gasteiger charge is 2.28. The standard InChI is InChI=1S/C23H22Cl2N4O3/c1-3-32-23(31)20-21(27-19-13-17(25)16(24)12-18(19)26-20)28-8-10-29(11-9-28)22(30)15-7-5-4-6-14(15)2/h4-7,12-13H,3,8-11H2,1-2H3. The topological polar surface area (TPSA) is 75.6 Å². The summed E-state index contributed by atoms with van der Waals surface area (Å²) >= 11 is 12.3. The van der Waals surface area contributed by atoms with Gasteiger partial charge in [-0.2, -0.15) is 0 Å². The average molecular weight is 473 g/mol. The first-order valence-corrected chi connectivity index (χ1v) is 11.1. The number of anilines is 1. The molecule has 2 aromatic carbocycles. The van der Waals surface area contributed by atoms with Crippen molar-refractivity contribution < 1.29 is 14.3 Å². The number of aromatic nitrogens is 2. The van der Waals surface area contributed by atoms with Crippen molar-refractivity contribution in [3.05, 3.63) is 63.3 Å². The third-order valence-electron chi connectivity index (χ3n) is 5.40. The summed E-state index contributed by atoms with van der Waals surface area (Å²) in [4.78, 5) is 38.5. The molecule has 0 N–H and O–H groups in total. The summed E-state index contributed by atoms with van der Waals surface area (Å²) in [5.74, 6) is -0.141. The normalized spacial score (nSPS) is 14.0. The Kier molecular flexibility index (Phi) is 6.48. The van der Waals surface area contributed by atoms with Crippen LogP contribution in [0.4, 0.5) is 5.82 Å². The molecule has 0 saturated carbocycles. The van der Waals surface area contributed by atoms with Gasteiger partial charge >= 0.3 is 5.97 Å². The average Bonchev–Trinajstić information content (AvgIpc) is 2.79. The van der Waals surface area contributed by atoms with E-state index in [-0.39, 0.29) is 18.2 Å². The van der Waals surface area contributed by atoms with E-state index < -0.39 is 5.97 Å². The van der Waals surface area contributed by atoms with E-state index in [2.05, 4.69) is 9.97 Å². The summed E-state index contributed by atoms with van der Waals surface area (Å²) in [5, 5.41) is 0.691. The lowest BCUT2D eigenvalue weighted by Gasteiger charge is -2.36. The van der Waals surface area contributed by atoms with Crippen molar-refractivity contribution in [3.63, 3.8) is 0 Å². The SMILES string of the molecule is CCOC(=O)c1nc2cc(Cl)c(Cl)cc2nc1N1CCN(C(=O)c2ccccc2C)CC1. The predicted molar refractivity (Wildman–Crippen MR) is 125 cm³/mol. The maximum absolute atomic E-state index is 12.9. The van der Waals surface area contributed by atoms with Crippen molar-refractivity contribution in [2.45, 2.75) is 13.8 Å². The molecule has 0 aliphatic carbocycles. The minimum Gasteiger partial charge on any atom is -0.461 e. The zero-order valence-corrected chi connectivity index (χ0v) is 19.3. The van der Waals surface area contributed by atoms with Gasteiger partial charge in [0.15, 0.2) is 11.5 Å². The van der Waals surface area contributed by atoms with Crippen LogP contribution < -0.4 is 4.90 Å². The monoisotopic (exact) mass is 472 g/mol. The number of aryl methyl sites for hydroxylation is 1. The Hall–Kier alpha value is -2.90. The lowest BCUT2D eigenvalue weighted by molar-refractivity contribution is 0.0519. The van der Waals surface area contributed by atoms with E-state index in [0.717, 1.165) is 5.56 Å². The molecule has 0 bridgehead atoms. The Balaban J connectivity index is 1.62. The predicted octanol–water partition coefficient (Wildman–Crippen LogP) is 4.38. The van der Waals surface area contributed by atoms with E-state index in [1.165, 1.54) is 0 Å². The van der Waals surface area contributed by atoms with Crippen molar-refractivity contribution in [3.8, 4) is 0 Å². The lowest BCUT2D eigenvalue weighted by Crippen LogP contribution is -2.49. The number of hydrogen-bond donors (Lipinski definition) is 0. The van der Waals surface area contributed by atoms with Crippen LogP contribution >= 0.6 is 23.2 Å². The van der Waals surface area contributed by atoms with Crippen molar-refractivity contribution in [1.29, 1.82) is 0 Å². The number of benzene rings is 2. The molecule has 0 atom stereocenters. The fraction of sp³-hybridized carbons (Fsp3) is 0.304. The van der Waals surface area contributed by atoms with E-state index >= 15 is 0 Å². The van der Waals surface area contributed by atoms with Gasteiger partial charge in [0.05, 0.1) is 27.7 Å². The second-order valence-corrected chi connectivity index (χ2v) is 8.28. The van der Waals surface area contributed by atoms with Gasteiger partial charge in [-0.3, -0.25) is 4.79 Å². The molecule has 1 fully saturated rings. The molecular formula is C23H22Cl2N4O3. The van der Waals surface area contributed by atoms with Crippen molar-refractivity contribution in [2.75, 3.05) is 37.7 Å². The molecule has 9 heteroatoms. The van der Waals surface area contributed by atoms with Gasteiger partial charge in [-0.1, -0.05) is 41.4 Å². The molecule has 4 rings (SSSR count). The minimum atomic E-state index is -0.554. The Labute approximate surface area is 195 Å². The van der Waals surface area contributed by atoms with Crippen molar-refractivity contribution in [1.82, 2.24) is 14.9 Å². The van der Waals surface area contributed by atoms with E-state index in [9.17, 15) is 9.59 Å². The number of carbonyl (C=O) groups excluding carboxylic acids is 2. The summed E-state index contributed by atoms with van der Waals surface area (Å²) in [6.07, 6.45) is 0. The molecular weight excluding hydrogens is 451 g/mol. The molecule has 166 valence electrons. The van der Waals surface area contributed by atoms with E-state index in [0.29, 0.717) is 58.6 Å². The maximum Gasteiger partial charge on any atom is 0.360 e. The first-order valence-electron chi connectivity index (χ1n) is 10.3. The number of halogens is 2. The fourth-order valence-electron chi connectivity index (χ4n) is 3.70. The number of fused-ring (bicyclic) bond motifs is 1. The first kappa shape index (κ1) is 22.3. The Morgan fingerprint density at radius 1 is 1.00 bits per heavy atom. The molecule has 0 unspecified atom stereocenters. The minimum absolute atomic E-state index is 0.000569. The summed E-state index contributed by atoms with van der Waals surface area (Å²) in [6.45, 7) is 5.89. The summed E-state index contributed by atoms with van der Waals surface area (Å²) < 4.78 is 5.20. The smallest absolute Gasteiger partial charge is 0.360 e. The fourth-order valence-corrected chi connectivity index (χ4v) is 4.02. The Morgan fingerprint density at radius 2 is 1.62 bits per heavy atom. The van der Waals surface area contributed by atoms with Crippen LogP contribution in [0.3, 0.4) is 0 Å². The molecule has 32 heavy (non-hydrogen) atoms. The number of esters is 1. The lowest BCUT2D eigenvalue weighted by atomic mass is 10.1. The molecule has 1 aliphatic heterocycles. The van der Waals surface area contributed by atoms with Gasteiger partial charge in [-0.05, 0) is 37.6 Å². The number of carbonyl (C=O) groups is 2. The van der Waals surface area contributed by atoms with Gasteiger partial charge < -0.3 is 14.5 Å². The van der Waals surface area contributed by atoms with E-state index in [1.807, 2.05) is 41.0 Å². The molecule has 0 spiro atoms. The molecule has 1 saturated heterocycles. The van der Waals surface area contributed by atoms with Crippen molar-refractivity contribution >= 4 is 51.9 Å². The second-order valence-electron chi connectivity index (χ2n) is 7.47. The Morgan fingerprint density at radius 3 is 2.25 bits per heavy atom. The molecule has 2 heterocycles. The quantitative estimate of drug-likeness (QED) is 0.524. The van der Waals surface area contributed by atoms with Crippen LogP contribution in [-0.4, -0.2) is 59.5 Å². The summed E-state index contributed by atoms with van der Waals surface area (Å²) in [7, 11) is 0. The zero-order valence-electron chi connectivity index (χ0n) is 17.8. The summed E-state index contributed by atoms with van der Waals surface area (Å²) in [5.41, 5.74) is 2.75. The van der Waals surface area contributed by atoms with E-state index in [1.54, 1.807) is 19.1 Å². The van der Waals surface area contributed by atoms with Gasteiger partial charge in [0.1, 0.15) is 0 Å². The molecule has 1 aromatic heterocycles. The number of amides is 1. The van der Waals surface area contributed by atoms with Gasteiger partial charge in [0, 0.05) is 31.7 Å². The van der Waals surface area contributed by atoms with Gasteiger partial charge in [-0.15, -0.1) is 0 Å². The molecule has 7 nitrogen and oxygen atoms in total. The molecule has 1 amide bonds. The van der Waals surface area contributed by atoms with Crippen LogP contribution in [0.1, 0.15) is 33.3 Å². The number of piperazine rings is 1. The van der Waals surface area contributed by atoms with Crippen LogP contribution in [0.5, 0.6) is 0 Å². The van der Waals surface area contributed by atoms with Crippen molar-refractivity contribution in [2.24, 2.45) is 0 Å². The van der Waals surface area contributed by atoms with Gasteiger partial charge in [-0.25, -0.2) is 14.8 Å². The number of ether oxygens (including phenoxy) is 1. The van der Waals surface area contributed by atoms with Gasteiger partial charge in [0.25, 0.3) is 5.91 Å². The Bertz CT molecular complexity index is 1190. The van der Waals surface area contributed by atoms with Gasteiger partial charge in [0.2, 0.25) is 0 Å². The van der Waals surface area contributed by atoms with Crippen LogP contribution in [-0.2, 0) is 4.74 Å². The highest BCUT2D eigenvalue weighted by Crippen LogP contribution is 2.29. The van der Waals surface area contributed by atoms with Crippen LogP contribution in [0.25, 0.3) is 11.0 Å². The zero-order chi connectivity index (χ0) is 22.8. The number of nitrogens with zero attached hydrogens (tertiary/aromatic N) is 4. The second kappa shape index (κ2) is 9.30. The molecule has 3 aromatic rings. The van der Waals surface area contributed by atoms with Crippen LogP contribution in [0, 0.1) is 6.92 Å². The molecule has 0 radical (unpaired) electrons. The maximum atomic E-state index is 12.9. The van der Waals surface area contributed by atoms with Crippen LogP contribution in [0.2, 0.25) is 10.0 Å². The number of rotatable bonds is 4. The first-order chi connectivity index (χ1) is 15.4. The highest BCUT2D eigenvalue weighted by molar-refractivity contribution is 6.42. The molecule has 1 aliphatic rings. The van der Waals surface area contributed by atoms with Crippen LogP contribution in [0.15, 0.2) is 36.4 Å². The third kappa shape index (κ3) is 4.36. The third-order valence-corrected chi connectivity index (χ3v) is 6.12.